The van der Waals surface area contributed by atoms with Gasteiger partial charge in [0.15, 0.2) is 5.82 Å². The Balaban J connectivity index is 2.14. The lowest BCUT2D eigenvalue weighted by atomic mass is 9.96. The fourth-order valence-corrected chi connectivity index (χ4v) is 1.95. The van der Waals surface area contributed by atoms with Crippen LogP contribution in [0.3, 0.4) is 0 Å². The van der Waals surface area contributed by atoms with E-state index in [4.69, 9.17) is 10.3 Å². The van der Waals surface area contributed by atoms with Crippen molar-refractivity contribution in [3.8, 4) is 0 Å². The average molecular weight is 209 g/mol. The normalized spacial score (nSPS) is 27.2. The van der Waals surface area contributed by atoms with Crippen LogP contribution < -0.4 is 5.73 Å². The number of hydrogen-bond acceptors (Lipinski definition) is 4. The van der Waals surface area contributed by atoms with Gasteiger partial charge in [-0.3, -0.25) is 0 Å². The predicted molar refractivity (Wildman–Crippen MR) is 57.6 cm³/mol. The van der Waals surface area contributed by atoms with Crippen molar-refractivity contribution >= 4 is 0 Å². The maximum atomic E-state index is 5.87. The van der Waals surface area contributed by atoms with E-state index in [0.717, 1.165) is 31.0 Å². The van der Waals surface area contributed by atoms with Crippen molar-refractivity contribution in [2.45, 2.75) is 57.4 Å². The van der Waals surface area contributed by atoms with E-state index in [1.165, 1.54) is 0 Å². The van der Waals surface area contributed by atoms with Gasteiger partial charge in [0.25, 0.3) is 0 Å². The lowest BCUT2D eigenvalue weighted by Gasteiger charge is -2.11. The number of hydrogen-bond donors (Lipinski definition) is 1. The van der Waals surface area contributed by atoms with Gasteiger partial charge in [-0.25, -0.2) is 0 Å². The highest BCUT2D eigenvalue weighted by atomic mass is 16.5. The fourth-order valence-electron chi connectivity index (χ4n) is 1.95. The van der Waals surface area contributed by atoms with Crippen LogP contribution in [0, 0.1) is 0 Å². The second-order valence-electron chi connectivity index (χ2n) is 5.48. The molecule has 84 valence electrons. The highest BCUT2D eigenvalue weighted by Crippen LogP contribution is 2.33. The second kappa shape index (κ2) is 3.59. The molecule has 1 aromatic heterocycles. The van der Waals surface area contributed by atoms with Gasteiger partial charge in [-0.1, -0.05) is 25.9 Å². The Labute approximate surface area is 90.2 Å². The van der Waals surface area contributed by atoms with Crippen molar-refractivity contribution in [2.75, 3.05) is 0 Å². The Morgan fingerprint density at radius 1 is 1.33 bits per heavy atom. The fraction of sp³-hybridized carbons (Fsp3) is 0.818. The van der Waals surface area contributed by atoms with Crippen LogP contribution in [0.4, 0.5) is 0 Å². The molecule has 0 amide bonds. The van der Waals surface area contributed by atoms with Gasteiger partial charge in [-0.15, -0.1) is 0 Å². The topological polar surface area (TPSA) is 64.9 Å². The quantitative estimate of drug-likeness (QED) is 0.768. The summed E-state index contributed by atoms with van der Waals surface area (Å²) in [5, 5.41) is 4.03. The van der Waals surface area contributed by atoms with Gasteiger partial charge in [0, 0.05) is 17.4 Å². The van der Waals surface area contributed by atoms with Gasteiger partial charge in [-0.05, 0) is 19.3 Å². The van der Waals surface area contributed by atoms with Crippen LogP contribution in [-0.2, 0) is 5.41 Å². The van der Waals surface area contributed by atoms with E-state index in [1.807, 2.05) is 0 Å². The first kappa shape index (κ1) is 10.6. The standard InChI is InChI=1S/C11H19N3O/c1-11(2,3)10-13-9(15-14-10)7-4-5-8(12)6-7/h7-8H,4-6,12H2,1-3H3. The van der Waals surface area contributed by atoms with E-state index in [2.05, 4.69) is 30.9 Å². The van der Waals surface area contributed by atoms with Crippen LogP contribution >= 0.6 is 0 Å². The zero-order chi connectivity index (χ0) is 11.1. The maximum Gasteiger partial charge on any atom is 0.229 e. The summed E-state index contributed by atoms with van der Waals surface area (Å²) in [7, 11) is 0. The molecule has 1 aromatic rings. The molecular weight excluding hydrogens is 190 g/mol. The summed E-state index contributed by atoms with van der Waals surface area (Å²) < 4.78 is 5.31. The van der Waals surface area contributed by atoms with E-state index in [0.29, 0.717) is 12.0 Å². The largest absolute Gasteiger partial charge is 0.339 e. The highest BCUT2D eigenvalue weighted by molar-refractivity contribution is 5.04. The first-order chi connectivity index (χ1) is 6.97. The summed E-state index contributed by atoms with van der Waals surface area (Å²) in [6, 6.07) is 0.306. The van der Waals surface area contributed by atoms with Crippen LogP contribution in [0.1, 0.15) is 57.7 Å². The molecular formula is C11H19N3O. The number of nitrogens with two attached hydrogens (primary N) is 1. The predicted octanol–water partition coefficient (Wildman–Crippen LogP) is 1.96. The molecule has 0 saturated heterocycles. The Kier molecular flexibility index (Phi) is 2.54. The minimum absolute atomic E-state index is 0.0392. The third-order valence-corrected chi connectivity index (χ3v) is 2.93. The van der Waals surface area contributed by atoms with Crippen molar-refractivity contribution in [3.05, 3.63) is 11.7 Å². The summed E-state index contributed by atoms with van der Waals surface area (Å²) in [5.41, 5.74) is 5.83. The van der Waals surface area contributed by atoms with Crippen LogP contribution in [0.2, 0.25) is 0 Å². The molecule has 1 aliphatic carbocycles. The van der Waals surface area contributed by atoms with Gasteiger partial charge in [0.05, 0.1) is 0 Å². The smallest absolute Gasteiger partial charge is 0.229 e. The van der Waals surface area contributed by atoms with Gasteiger partial charge in [0.2, 0.25) is 5.89 Å². The lowest BCUT2D eigenvalue weighted by Crippen LogP contribution is -2.15. The molecule has 2 unspecified atom stereocenters. The van der Waals surface area contributed by atoms with Gasteiger partial charge in [0.1, 0.15) is 0 Å². The van der Waals surface area contributed by atoms with E-state index < -0.39 is 0 Å². The summed E-state index contributed by atoms with van der Waals surface area (Å²) >= 11 is 0. The molecule has 1 heterocycles. The molecule has 2 N–H and O–H groups in total. The van der Waals surface area contributed by atoms with Crippen molar-refractivity contribution < 1.29 is 4.52 Å². The Morgan fingerprint density at radius 2 is 2.07 bits per heavy atom. The summed E-state index contributed by atoms with van der Waals surface area (Å²) in [5.74, 6) is 1.94. The molecule has 0 aromatic carbocycles. The molecule has 15 heavy (non-hydrogen) atoms. The molecule has 4 heteroatoms. The van der Waals surface area contributed by atoms with Crippen molar-refractivity contribution in [3.63, 3.8) is 0 Å². The Hall–Kier alpha value is -0.900. The molecule has 1 fully saturated rings. The Morgan fingerprint density at radius 3 is 2.53 bits per heavy atom. The van der Waals surface area contributed by atoms with Gasteiger partial charge < -0.3 is 10.3 Å². The first-order valence-corrected chi connectivity index (χ1v) is 5.56. The zero-order valence-electron chi connectivity index (χ0n) is 9.66. The molecule has 2 rings (SSSR count). The molecule has 1 saturated carbocycles. The molecule has 0 spiro atoms. The lowest BCUT2D eigenvalue weighted by molar-refractivity contribution is 0.342. The minimum Gasteiger partial charge on any atom is -0.339 e. The SMILES string of the molecule is CC(C)(C)c1noc(C2CCC(N)C2)n1. The highest BCUT2D eigenvalue weighted by Gasteiger charge is 2.29. The zero-order valence-corrected chi connectivity index (χ0v) is 9.66. The second-order valence-corrected chi connectivity index (χ2v) is 5.48. The molecule has 0 aliphatic heterocycles. The molecule has 0 bridgehead atoms. The van der Waals surface area contributed by atoms with Crippen LogP contribution in [0.5, 0.6) is 0 Å². The van der Waals surface area contributed by atoms with Gasteiger partial charge >= 0.3 is 0 Å². The van der Waals surface area contributed by atoms with E-state index >= 15 is 0 Å². The van der Waals surface area contributed by atoms with Crippen molar-refractivity contribution in [2.24, 2.45) is 5.73 Å². The van der Waals surface area contributed by atoms with Crippen LogP contribution in [0.25, 0.3) is 0 Å². The van der Waals surface area contributed by atoms with Crippen LogP contribution in [0.15, 0.2) is 4.52 Å². The maximum absolute atomic E-state index is 5.87. The molecule has 2 atom stereocenters. The monoisotopic (exact) mass is 209 g/mol. The number of rotatable bonds is 1. The van der Waals surface area contributed by atoms with E-state index in [-0.39, 0.29) is 5.41 Å². The third kappa shape index (κ3) is 2.20. The number of nitrogens with zero attached hydrogens (tertiary/aromatic N) is 2. The average Bonchev–Trinajstić information content (AvgIpc) is 2.69. The molecule has 0 radical (unpaired) electrons. The molecule has 1 aliphatic rings. The third-order valence-electron chi connectivity index (χ3n) is 2.93. The minimum atomic E-state index is -0.0392. The van der Waals surface area contributed by atoms with Crippen molar-refractivity contribution in [1.29, 1.82) is 0 Å². The van der Waals surface area contributed by atoms with Gasteiger partial charge in [-0.2, -0.15) is 4.98 Å². The van der Waals surface area contributed by atoms with Crippen molar-refractivity contribution in [1.82, 2.24) is 10.1 Å². The van der Waals surface area contributed by atoms with Crippen LogP contribution in [-0.4, -0.2) is 16.2 Å². The number of aromatic nitrogens is 2. The van der Waals surface area contributed by atoms with E-state index in [9.17, 15) is 0 Å². The summed E-state index contributed by atoms with van der Waals surface area (Å²) in [4.78, 5) is 4.46. The Bertz CT molecular complexity index is 340. The summed E-state index contributed by atoms with van der Waals surface area (Å²) in [6.07, 6.45) is 3.12. The summed E-state index contributed by atoms with van der Waals surface area (Å²) in [6.45, 7) is 6.26. The van der Waals surface area contributed by atoms with E-state index in [1.54, 1.807) is 0 Å². The first-order valence-electron chi connectivity index (χ1n) is 5.56. The molecule has 4 nitrogen and oxygen atoms in total.